The highest BCUT2D eigenvalue weighted by molar-refractivity contribution is 5.90. The first-order valence-corrected chi connectivity index (χ1v) is 7.75. The summed E-state index contributed by atoms with van der Waals surface area (Å²) in [6, 6.07) is 4.11. The fraction of sp³-hybridized carbons (Fsp3) is 0.588. The summed E-state index contributed by atoms with van der Waals surface area (Å²) in [5, 5.41) is 37.4. The van der Waals surface area contributed by atoms with Crippen LogP contribution in [0.25, 0.3) is 0 Å². The number of phenols is 1. The zero-order valence-electron chi connectivity index (χ0n) is 13.8. The Morgan fingerprint density at radius 3 is 2.39 bits per heavy atom. The predicted octanol–water partition coefficient (Wildman–Crippen LogP) is 2.61. The first kappa shape index (κ1) is 19.3. The number of carbonyl (C=O) groups is 1. The topological polar surface area (TPSA) is 107 Å². The summed E-state index contributed by atoms with van der Waals surface area (Å²) >= 11 is 0. The fourth-order valence-electron chi connectivity index (χ4n) is 2.11. The molecule has 4 N–H and O–H groups in total. The van der Waals surface area contributed by atoms with Gasteiger partial charge in [-0.05, 0) is 37.8 Å². The second kappa shape index (κ2) is 8.17. The van der Waals surface area contributed by atoms with Gasteiger partial charge in [-0.1, -0.05) is 20.3 Å². The number of hydrogen-bond donors (Lipinski definition) is 4. The average molecular weight is 326 g/mol. The summed E-state index contributed by atoms with van der Waals surface area (Å²) in [6.07, 6.45) is 2.34. The maximum atomic E-state index is 10.8. The first-order chi connectivity index (χ1) is 10.6. The predicted molar refractivity (Wildman–Crippen MR) is 85.6 cm³/mol. The molecule has 1 rings (SSSR count). The molecule has 0 aromatic heterocycles. The van der Waals surface area contributed by atoms with Crippen LogP contribution in [-0.2, 0) is 0 Å². The lowest BCUT2D eigenvalue weighted by Gasteiger charge is -2.25. The van der Waals surface area contributed by atoms with Crippen molar-refractivity contribution >= 4 is 5.97 Å². The quantitative estimate of drug-likeness (QED) is 0.520. The van der Waals surface area contributed by atoms with Crippen molar-refractivity contribution in [3.63, 3.8) is 0 Å². The van der Waals surface area contributed by atoms with E-state index < -0.39 is 11.8 Å². The van der Waals surface area contributed by atoms with Crippen LogP contribution in [0.2, 0.25) is 0 Å². The number of hydrogen-bond acceptors (Lipinski definition) is 5. The first-order valence-electron chi connectivity index (χ1n) is 7.75. The van der Waals surface area contributed by atoms with Gasteiger partial charge in [0.25, 0.3) is 0 Å². The van der Waals surface area contributed by atoms with Crippen molar-refractivity contribution in [1.29, 1.82) is 0 Å². The zero-order valence-corrected chi connectivity index (χ0v) is 13.8. The van der Waals surface area contributed by atoms with E-state index in [2.05, 4.69) is 6.92 Å². The molecule has 2 unspecified atom stereocenters. The van der Waals surface area contributed by atoms with Crippen LogP contribution in [0.5, 0.6) is 11.5 Å². The van der Waals surface area contributed by atoms with Gasteiger partial charge in [-0.15, -0.1) is 0 Å². The maximum absolute atomic E-state index is 10.8. The van der Waals surface area contributed by atoms with E-state index in [1.165, 1.54) is 25.1 Å². The highest BCUT2D eigenvalue weighted by Crippen LogP contribution is 2.25. The number of benzene rings is 1. The van der Waals surface area contributed by atoms with E-state index in [1.807, 2.05) is 0 Å². The molecule has 2 atom stereocenters. The van der Waals surface area contributed by atoms with Crippen LogP contribution in [0.3, 0.4) is 0 Å². The van der Waals surface area contributed by atoms with Crippen molar-refractivity contribution in [2.24, 2.45) is 11.8 Å². The molecule has 0 saturated carbocycles. The minimum atomic E-state index is -1.65. The molecule has 6 heteroatoms. The van der Waals surface area contributed by atoms with Gasteiger partial charge in [0.15, 0.2) is 5.79 Å². The summed E-state index contributed by atoms with van der Waals surface area (Å²) in [7, 11) is 0. The third kappa shape index (κ3) is 6.46. The fourth-order valence-corrected chi connectivity index (χ4v) is 2.11. The van der Waals surface area contributed by atoms with Crippen LogP contribution >= 0.6 is 0 Å². The number of aromatic carboxylic acids is 1. The van der Waals surface area contributed by atoms with Gasteiger partial charge in [-0.25, -0.2) is 4.79 Å². The molecule has 0 aliphatic carbocycles. The van der Waals surface area contributed by atoms with Crippen LogP contribution < -0.4 is 4.74 Å². The van der Waals surface area contributed by atoms with E-state index in [4.69, 9.17) is 9.84 Å². The Morgan fingerprint density at radius 1 is 1.22 bits per heavy atom. The van der Waals surface area contributed by atoms with Gasteiger partial charge in [0.2, 0.25) is 0 Å². The molecule has 0 heterocycles. The SMILES string of the molecule is CC(CCOc1ccc(C(=O)O)c(O)c1)CCC(C)C(C)(O)O. The molecule has 1 aromatic rings. The molecule has 0 fully saturated rings. The van der Waals surface area contributed by atoms with Crippen molar-refractivity contribution in [2.45, 2.75) is 45.8 Å². The van der Waals surface area contributed by atoms with Gasteiger partial charge in [0.05, 0.1) is 6.61 Å². The molecular formula is C17H26O6. The number of carboxylic acids is 1. The lowest BCUT2D eigenvalue weighted by Crippen LogP contribution is -2.32. The average Bonchev–Trinajstić information content (AvgIpc) is 2.43. The third-order valence-corrected chi connectivity index (χ3v) is 4.11. The molecule has 0 spiro atoms. The number of aromatic hydroxyl groups is 1. The highest BCUT2D eigenvalue weighted by Gasteiger charge is 2.24. The maximum Gasteiger partial charge on any atom is 0.339 e. The Morgan fingerprint density at radius 2 is 1.87 bits per heavy atom. The van der Waals surface area contributed by atoms with E-state index >= 15 is 0 Å². The highest BCUT2D eigenvalue weighted by atomic mass is 16.5. The van der Waals surface area contributed by atoms with Crippen LogP contribution in [0, 0.1) is 11.8 Å². The van der Waals surface area contributed by atoms with E-state index in [0.29, 0.717) is 24.7 Å². The van der Waals surface area contributed by atoms with Crippen molar-refractivity contribution < 1.29 is 30.0 Å². The Balaban J connectivity index is 2.36. The van der Waals surface area contributed by atoms with Crippen molar-refractivity contribution in [1.82, 2.24) is 0 Å². The van der Waals surface area contributed by atoms with Gasteiger partial charge in [-0.3, -0.25) is 0 Å². The number of rotatable bonds is 9. The minimum Gasteiger partial charge on any atom is -0.507 e. The Labute approximate surface area is 136 Å². The van der Waals surface area contributed by atoms with Crippen LogP contribution in [0.15, 0.2) is 18.2 Å². The normalized spacial score (nSPS) is 14.3. The van der Waals surface area contributed by atoms with Gasteiger partial charge >= 0.3 is 5.97 Å². The third-order valence-electron chi connectivity index (χ3n) is 4.11. The van der Waals surface area contributed by atoms with Crippen molar-refractivity contribution in [2.75, 3.05) is 6.61 Å². The zero-order chi connectivity index (χ0) is 17.6. The molecular weight excluding hydrogens is 300 g/mol. The van der Waals surface area contributed by atoms with E-state index in [0.717, 1.165) is 12.8 Å². The van der Waals surface area contributed by atoms with Gasteiger partial charge in [-0.2, -0.15) is 0 Å². The van der Waals surface area contributed by atoms with Crippen molar-refractivity contribution in [3.8, 4) is 11.5 Å². The summed E-state index contributed by atoms with van der Waals surface area (Å²) in [5.41, 5.74) is -0.157. The summed E-state index contributed by atoms with van der Waals surface area (Å²) in [6.45, 7) is 5.69. The lowest BCUT2D eigenvalue weighted by molar-refractivity contribution is -0.182. The molecule has 0 aliphatic rings. The van der Waals surface area contributed by atoms with Gasteiger partial charge < -0.3 is 25.2 Å². The molecule has 0 amide bonds. The molecule has 130 valence electrons. The van der Waals surface area contributed by atoms with E-state index in [9.17, 15) is 20.1 Å². The Kier molecular flexibility index (Phi) is 6.84. The second-order valence-corrected chi connectivity index (χ2v) is 6.30. The minimum absolute atomic E-state index is 0.157. The van der Waals surface area contributed by atoms with Gasteiger partial charge in [0, 0.05) is 12.0 Å². The second-order valence-electron chi connectivity index (χ2n) is 6.30. The van der Waals surface area contributed by atoms with Crippen LogP contribution in [-0.4, -0.2) is 38.8 Å². The van der Waals surface area contributed by atoms with Crippen LogP contribution in [0.1, 0.15) is 50.4 Å². The number of ether oxygens (including phenoxy) is 1. The monoisotopic (exact) mass is 326 g/mol. The summed E-state index contributed by atoms with van der Waals surface area (Å²) < 4.78 is 5.51. The number of carboxylic acid groups (broad SMARTS) is 1. The number of aliphatic hydroxyl groups is 2. The molecule has 1 aromatic carbocycles. The molecule has 0 bridgehead atoms. The molecule has 0 aliphatic heterocycles. The molecule has 0 radical (unpaired) electrons. The van der Waals surface area contributed by atoms with E-state index in [1.54, 1.807) is 6.92 Å². The largest absolute Gasteiger partial charge is 0.507 e. The Hall–Kier alpha value is -1.79. The smallest absolute Gasteiger partial charge is 0.339 e. The summed E-state index contributed by atoms with van der Waals surface area (Å²) in [5.74, 6) is -2.58. The molecule has 0 saturated heterocycles. The summed E-state index contributed by atoms with van der Waals surface area (Å²) in [4.78, 5) is 10.8. The molecule has 6 nitrogen and oxygen atoms in total. The Bertz CT molecular complexity index is 520. The van der Waals surface area contributed by atoms with Crippen LogP contribution in [0.4, 0.5) is 0 Å². The lowest BCUT2D eigenvalue weighted by atomic mass is 9.91. The van der Waals surface area contributed by atoms with E-state index in [-0.39, 0.29) is 17.2 Å². The van der Waals surface area contributed by atoms with Gasteiger partial charge in [0.1, 0.15) is 17.1 Å². The molecule has 23 heavy (non-hydrogen) atoms. The van der Waals surface area contributed by atoms with Crippen molar-refractivity contribution in [3.05, 3.63) is 23.8 Å². The standard InChI is InChI=1S/C17H26O6/c1-11(4-5-12(2)17(3,21)22)8-9-23-13-6-7-14(16(19)20)15(18)10-13/h6-7,10-12,18,21-22H,4-5,8-9H2,1-3H3,(H,19,20).